The van der Waals surface area contributed by atoms with Crippen molar-refractivity contribution < 1.29 is 58.5 Å². The molecule has 8 atom stereocenters. The van der Waals surface area contributed by atoms with Crippen LogP contribution in [0.1, 0.15) is 56.2 Å². The third-order valence-electron chi connectivity index (χ3n) is 12.2. The number of anilines is 1. The minimum Gasteiger partial charge on any atom is -0.480 e. The van der Waals surface area contributed by atoms with E-state index in [0.717, 1.165) is 9.80 Å². The van der Waals surface area contributed by atoms with Crippen molar-refractivity contribution in [2.24, 2.45) is 27.9 Å². The minimum absolute atomic E-state index is 0.00864. The first kappa shape index (κ1) is 56.5. The number of aliphatic imine (C=N–C) groups is 1. The predicted molar refractivity (Wildman–Crippen MR) is 265 cm³/mol. The highest BCUT2D eigenvalue weighted by atomic mass is 32.2. The number of amides is 8. The zero-order valence-electron chi connectivity index (χ0n) is 39.6. The van der Waals surface area contributed by atoms with E-state index in [4.69, 9.17) is 22.9 Å². The summed E-state index contributed by atoms with van der Waals surface area (Å²) in [5, 5.41) is 44.9. The van der Waals surface area contributed by atoms with Gasteiger partial charge in [0, 0.05) is 48.0 Å². The summed E-state index contributed by atoms with van der Waals surface area (Å²) in [4.78, 5) is 130. The molecule has 2 fully saturated rings. The number of nitrogens with one attached hydrogen (secondary N) is 5. The van der Waals surface area contributed by atoms with Crippen LogP contribution in [-0.4, -0.2) is 184 Å². The largest absolute Gasteiger partial charge is 0.480 e. The van der Waals surface area contributed by atoms with Crippen LogP contribution in [0.4, 0.5) is 5.69 Å². The van der Waals surface area contributed by atoms with E-state index >= 15 is 0 Å². The third-order valence-corrected chi connectivity index (χ3v) is 14.2. The molecule has 0 bridgehead atoms. The summed E-state index contributed by atoms with van der Waals surface area (Å²) < 4.78 is 0. The number of β-amino-alcohol motifs (C(OH)–C–C–N with tert-alkyl or cyclic N) is 1. The lowest BCUT2D eigenvalue weighted by Gasteiger charge is -2.33. The molecule has 2 aromatic rings. The molecule has 5 rings (SSSR count). The summed E-state index contributed by atoms with van der Waals surface area (Å²) in [5.74, 6) is -7.37. The average molecular weight is 1040 g/mol. The van der Waals surface area contributed by atoms with E-state index < -0.39 is 121 Å². The third kappa shape index (κ3) is 15.8. The molecule has 16 N–H and O–H groups in total. The highest BCUT2D eigenvalue weighted by Gasteiger charge is 2.46. The van der Waals surface area contributed by atoms with Gasteiger partial charge >= 0.3 is 5.97 Å². The lowest BCUT2D eigenvalue weighted by molar-refractivity contribution is -0.148. The Labute approximate surface area is 423 Å². The van der Waals surface area contributed by atoms with Crippen LogP contribution in [0, 0.1) is 0 Å². The maximum atomic E-state index is 14.2. The van der Waals surface area contributed by atoms with Crippen molar-refractivity contribution in [2.75, 3.05) is 56.5 Å². The van der Waals surface area contributed by atoms with Crippen LogP contribution in [0.5, 0.6) is 0 Å². The highest BCUT2D eigenvalue weighted by Crippen LogP contribution is 2.34. The van der Waals surface area contributed by atoms with E-state index in [0.29, 0.717) is 54.1 Å². The lowest BCUT2D eigenvalue weighted by Crippen LogP contribution is -2.59. The number of aliphatic hydroxyl groups excluding tert-OH is 2. The zero-order chi connectivity index (χ0) is 52.5. The van der Waals surface area contributed by atoms with E-state index in [1.165, 1.54) is 28.0 Å². The number of unbranched alkanes of at least 4 members (excludes halogenated alkanes) is 1. The second-order valence-electron chi connectivity index (χ2n) is 17.5. The molecule has 0 radical (unpaired) electrons. The number of hydrogen-bond donors (Lipinski definition) is 12. The Hall–Kier alpha value is -6.39. The molecular formula is C45H65N13O12S2. The molecule has 8 amide bonds. The Balaban J connectivity index is 1.21. The number of guanidine groups is 1. The number of thiophene rings is 1. The number of carbonyl (C=O) groups is 9. The summed E-state index contributed by atoms with van der Waals surface area (Å²) in [7, 11) is 0. The molecule has 27 heteroatoms. The fourth-order valence-electron chi connectivity index (χ4n) is 8.53. The van der Waals surface area contributed by atoms with Gasteiger partial charge in [0.2, 0.25) is 41.4 Å². The number of hydrogen-bond acceptors (Lipinski definition) is 16. The second kappa shape index (κ2) is 27.4. The number of benzene rings is 1. The Morgan fingerprint density at radius 2 is 1.62 bits per heavy atom. The molecule has 2 saturated heterocycles. The van der Waals surface area contributed by atoms with E-state index in [9.17, 15) is 58.5 Å². The molecule has 3 aliphatic heterocycles. The number of nitrogens with two attached hydrogens (primary N) is 4. The Morgan fingerprint density at radius 3 is 2.32 bits per heavy atom. The Bertz CT molecular complexity index is 2290. The summed E-state index contributed by atoms with van der Waals surface area (Å²) >= 11 is 2.48. The zero-order valence-corrected chi connectivity index (χ0v) is 41.2. The van der Waals surface area contributed by atoms with Gasteiger partial charge < -0.3 is 74.6 Å². The Morgan fingerprint density at radius 1 is 0.875 bits per heavy atom. The van der Waals surface area contributed by atoms with E-state index in [2.05, 4.69) is 31.6 Å². The molecule has 3 aliphatic rings. The molecular weight excluding hydrogens is 979 g/mol. The SMILES string of the molecule is NCCCC[C@H](N)C(=O)N[C@@H](CCCN=C(N)N)C(=O)N1CCC[C@H]1C(=O)N1C[C@H](O)C[C@H]1C(=O)NCC(=O)N[C@@H](Cc1cccs1)C(=O)N[C@@H](CO)C(=O)N[C@@H]1CSc2ccccc2N(CC(=O)O)C1=O. The van der Waals surface area contributed by atoms with Crippen molar-refractivity contribution in [2.45, 2.75) is 111 Å². The molecule has 72 heavy (non-hydrogen) atoms. The van der Waals surface area contributed by atoms with Crippen LogP contribution in [-0.2, 0) is 49.6 Å². The maximum absolute atomic E-state index is 14.2. The minimum atomic E-state index is -1.62. The van der Waals surface area contributed by atoms with Crippen molar-refractivity contribution >= 4 is 88.0 Å². The number of aliphatic carboxylic acids is 1. The first-order chi connectivity index (χ1) is 34.4. The molecule has 1 aromatic heterocycles. The molecule has 0 aliphatic carbocycles. The fraction of sp³-hybridized carbons (Fsp3) is 0.556. The normalized spacial score (nSPS) is 20.2. The van der Waals surface area contributed by atoms with E-state index in [1.807, 2.05) is 0 Å². The summed E-state index contributed by atoms with van der Waals surface area (Å²) in [6.45, 7) is -1.78. The van der Waals surface area contributed by atoms with Crippen LogP contribution in [0.3, 0.4) is 0 Å². The standard InChI is InChI=1S/C45H65N13O12S2/c46-14-4-3-9-27(47)38(64)53-28(10-5-15-50-45(48)49)42(68)56-16-6-12-33(56)44(70)57-21-25(60)18-34(57)41(67)51-20-36(61)52-29(19-26-8-7-17-71-26)39(65)54-30(23-59)40(66)55-31-24-72-35-13-2-1-11-32(35)58(43(31)69)22-37(62)63/h1-2,7-8,11,13,17,25,27-31,33-34,59-60H,3-6,9-10,12,14-16,18-24,46-47H2,(H,51,67)(H,52,61)(H,53,64)(H,54,65)(H,55,66)(H,62,63)(H4,48,49,50)/t25-,27+,28+,29+,30+,31-,33+,34+/m1/s1. The first-order valence-corrected chi connectivity index (χ1v) is 25.4. The molecule has 0 saturated carbocycles. The molecule has 0 unspecified atom stereocenters. The number of rotatable bonds is 25. The van der Waals surface area contributed by atoms with Gasteiger partial charge in [-0.2, -0.15) is 0 Å². The smallest absolute Gasteiger partial charge is 0.323 e. The topological polar surface area (TPSA) is 401 Å². The lowest BCUT2D eigenvalue weighted by atomic mass is 10.1. The van der Waals surface area contributed by atoms with Gasteiger partial charge in [0.15, 0.2) is 5.96 Å². The first-order valence-electron chi connectivity index (χ1n) is 23.6. The van der Waals surface area contributed by atoms with Crippen LogP contribution >= 0.6 is 23.1 Å². The number of fused-ring (bicyclic) bond motifs is 1. The highest BCUT2D eigenvalue weighted by molar-refractivity contribution is 7.99. The number of likely N-dealkylation sites (tertiary alicyclic amines) is 2. The average Bonchev–Trinajstić information content (AvgIpc) is 4.14. The number of carbonyl (C=O) groups excluding carboxylic acids is 8. The van der Waals surface area contributed by atoms with Crippen LogP contribution in [0.15, 0.2) is 51.7 Å². The number of carboxylic acids is 1. The van der Waals surface area contributed by atoms with Gasteiger partial charge in [-0.05, 0) is 68.6 Å². The maximum Gasteiger partial charge on any atom is 0.323 e. The van der Waals surface area contributed by atoms with Crippen molar-refractivity contribution in [3.63, 3.8) is 0 Å². The van der Waals surface area contributed by atoms with Gasteiger partial charge in [0.05, 0.1) is 31.0 Å². The predicted octanol–water partition coefficient (Wildman–Crippen LogP) is -3.98. The van der Waals surface area contributed by atoms with E-state index in [-0.39, 0.29) is 57.0 Å². The molecule has 25 nitrogen and oxygen atoms in total. The number of nitrogens with zero attached hydrogens (tertiary/aromatic N) is 4. The fourth-order valence-corrected chi connectivity index (χ4v) is 10.4. The molecule has 394 valence electrons. The van der Waals surface area contributed by atoms with Gasteiger partial charge in [-0.3, -0.25) is 53.0 Å². The van der Waals surface area contributed by atoms with E-state index in [1.54, 1.807) is 41.8 Å². The molecule has 0 spiro atoms. The second-order valence-corrected chi connectivity index (χ2v) is 19.6. The molecule has 4 heterocycles. The van der Waals surface area contributed by atoms with Crippen molar-refractivity contribution in [3.8, 4) is 0 Å². The summed E-state index contributed by atoms with van der Waals surface area (Å²) in [6, 6.07) is 1.54. The van der Waals surface area contributed by atoms with Crippen molar-refractivity contribution in [3.05, 3.63) is 46.7 Å². The van der Waals surface area contributed by atoms with Gasteiger partial charge in [-0.15, -0.1) is 23.1 Å². The number of aliphatic hydroxyl groups is 2. The monoisotopic (exact) mass is 1040 g/mol. The van der Waals surface area contributed by atoms with Gasteiger partial charge in [-0.25, -0.2) is 0 Å². The van der Waals surface area contributed by atoms with Gasteiger partial charge in [0.1, 0.15) is 42.8 Å². The van der Waals surface area contributed by atoms with Crippen LogP contribution < -0.4 is 54.4 Å². The van der Waals surface area contributed by atoms with Gasteiger partial charge in [0.25, 0.3) is 5.91 Å². The van der Waals surface area contributed by atoms with Crippen LogP contribution in [0.25, 0.3) is 0 Å². The van der Waals surface area contributed by atoms with Gasteiger partial charge in [-0.1, -0.05) is 24.6 Å². The van der Waals surface area contributed by atoms with Crippen molar-refractivity contribution in [1.29, 1.82) is 0 Å². The number of carboxylic acid groups (broad SMARTS) is 1. The number of para-hydroxylation sites is 1. The summed E-state index contributed by atoms with van der Waals surface area (Å²) in [5.41, 5.74) is 23.0. The number of thioether (sulfide) groups is 1. The quantitative estimate of drug-likeness (QED) is 0.0256. The summed E-state index contributed by atoms with van der Waals surface area (Å²) in [6.07, 6.45) is 1.29. The Kier molecular flexibility index (Phi) is 21.5. The van der Waals surface area contributed by atoms with Crippen LogP contribution in [0.2, 0.25) is 0 Å². The van der Waals surface area contributed by atoms with Crippen molar-refractivity contribution in [1.82, 2.24) is 36.4 Å². The molecule has 1 aromatic carbocycles.